The lowest BCUT2D eigenvalue weighted by Crippen LogP contribution is -2.31. The summed E-state index contributed by atoms with van der Waals surface area (Å²) in [6.45, 7) is 8.39. The standard InChI is InChI=1S/C11H18ClN3O/c1-10(2)5-9(11(3,4)16-10)15-7-8(6-12)13-14-15/h7,9H,5-6H2,1-4H3. The molecule has 1 atom stereocenters. The van der Waals surface area contributed by atoms with Gasteiger partial charge in [-0.1, -0.05) is 5.21 Å². The fourth-order valence-electron chi connectivity index (χ4n) is 2.47. The molecule has 0 bridgehead atoms. The second-order valence-corrected chi connectivity index (χ2v) is 5.78. The number of halogens is 1. The summed E-state index contributed by atoms with van der Waals surface area (Å²) in [6, 6.07) is 0.215. The van der Waals surface area contributed by atoms with Crippen LogP contribution < -0.4 is 0 Å². The Labute approximate surface area is 101 Å². The summed E-state index contributed by atoms with van der Waals surface area (Å²) in [6.07, 6.45) is 2.84. The molecule has 1 aromatic rings. The van der Waals surface area contributed by atoms with Gasteiger partial charge in [-0.05, 0) is 27.7 Å². The number of alkyl halides is 1. The summed E-state index contributed by atoms with van der Waals surface area (Å²) in [5.74, 6) is 0.400. The Kier molecular flexibility index (Phi) is 2.75. The van der Waals surface area contributed by atoms with Crippen molar-refractivity contribution < 1.29 is 4.74 Å². The Morgan fingerprint density at radius 3 is 2.62 bits per heavy atom. The Hall–Kier alpha value is -0.610. The van der Waals surface area contributed by atoms with Crippen LogP contribution in [0.5, 0.6) is 0 Å². The molecule has 1 aromatic heterocycles. The van der Waals surface area contributed by atoms with E-state index in [0.29, 0.717) is 5.88 Å². The van der Waals surface area contributed by atoms with Crippen molar-refractivity contribution in [2.45, 2.75) is 57.2 Å². The molecule has 2 heterocycles. The third-order valence-electron chi connectivity index (χ3n) is 3.04. The molecule has 0 amide bonds. The van der Waals surface area contributed by atoms with E-state index in [2.05, 4.69) is 38.0 Å². The first kappa shape index (κ1) is 11.9. The van der Waals surface area contributed by atoms with Crippen LogP contribution >= 0.6 is 11.6 Å². The molecule has 90 valence electrons. The zero-order chi connectivity index (χ0) is 12.0. The Morgan fingerprint density at radius 2 is 2.19 bits per heavy atom. The summed E-state index contributed by atoms with van der Waals surface area (Å²) in [5, 5.41) is 8.15. The lowest BCUT2D eigenvalue weighted by Gasteiger charge is -2.26. The third kappa shape index (κ3) is 2.09. The van der Waals surface area contributed by atoms with Gasteiger partial charge in [0.25, 0.3) is 0 Å². The molecule has 1 saturated heterocycles. The molecule has 16 heavy (non-hydrogen) atoms. The fourth-order valence-corrected chi connectivity index (χ4v) is 2.59. The van der Waals surface area contributed by atoms with Crippen LogP contribution in [0.3, 0.4) is 0 Å². The predicted molar refractivity (Wildman–Crippen MR) is 62.5 cm³/mol. The minimum Gasteiger partial charge on any atom is -0.367 e. The molecule has 0 aliphatic carbocycles. The first-order valence-corrected chi connectivity index (χ1v) is 6.04. The van der Waals surface area contributed by atoms with Crippen molar-refractivity contribution in [2.75, 3.05) is 0 Å². The predicted octanol–water partition coefficient (Wildman–Crippen LogP) is 2.54. The van der Waals surface area contributed by atoms with Gasteiger partial charge < -0.3 is 4.74 Å². The van der Waals surface area contributed by atoms with E-state index in [4.69, 9.17) is 16.3 Å². The van der Waals surface area contributed by atoms with E-state index in [9.17, 15) is 0 Å². The molecule has 0 aromatic carbocycles. The quantitative estimate of drug-likeness (QED) is 0.750. The molecule has 5 heteroatoms. The van der Waals surface area contributed by atoms with Crippen molar-refractivity contribution in [1.29, 1.82) is 0 Å². The van der Waals surface area contributed by atoms with Crippen molar-refractivity contribution in [1.82, 2.24) is 15.0 Å². The molecule has 0 spiro atoms. The van der Waals surface area contributed by atoms with Crippen LogP contribution in [0.25, 0.3) is 0 Å². The van der Waals surface area contributed by atoms with Gasteiger partial charge in [-0.15, -0.1) is 16.7 Å². The molecular weight excluding hydrogens is 226 g/mol. The SMILES string of the molecule is CC1(C)CC(n2cc(CCl)nn2)C(C)(C)O1. The monoisotopic (exact) mass is 243 g/mol. The molecule has 1 aliphatic rings. The van der Waals surface area contributed by atoms with Gasteiger partial charge in [0, 0.05) is 6.42 Å². The summed E-state index contributed by atoms with van der Waals surface area (Å²) in [7, 11) is 0. The van der Waals surface area contributed by atoms with Gasteiger partial charge in [0.2, 0.25) is 0 Å². The number of hydrogen-bond acceptors (Lipinski definition) is 3. The van der Waals surface area contributed by atoms with E-state index in [1.807, 2.05) is 10.9 Å². The van der Waals surface area contributed by atoms with Crippen molar-refractivity contribution in [3.8, 4) is 0 Å². The summed E-state index contributed by atoms with van der Waals surface area (Å²) in [4.78, 5) is 0. The molecular formula is C11H18ClN3O. The first-order chi connectivity index (χ1) is 7.34. The largest absolute Gasteiger partial charge is 0.367 e. The molecule has 0 N–H and O–H groups in total. The van der Waals surface area contributed by atoms with E-state index in [0.717, 1.165) is 12.1 Å². The second kappa shape index (κ2) is 3.70. The molecule has 4 nitrogen and oxygen atoms in total. The summed E-state index contributed by atoms with van der Waals surface area (Å²) >= 11 is 5.73. The lowest BCUT2D eigenvalue weighted by molar-refractivity contribution is -0.0738. The van der Waals surface area contributed by atoms with E-state index in [1.54, 1.807) is 0 Å². The zero-order valence-corrected chi connectivity index (χ0v) is 11.0. The van der Waals surface area contributed by atoms with Crippen LogP contribution in [0.1, 0.15) is 45.9 Å². The molecule has 1 aliphatic heterocycles. The molecule has 1 unspecified atom stereocenters. The number of rotatable bonds is 2. The van der Waals surface area contributed by atoms with Gasteiger partial charge in [-0.2, -0.15) is 0 Å². The smallest absolute Gasteiger partial charge is 0.0974 e. The topological polar surface area (TPSA) is 39.9 Å². The van der Waals surface area contributed by atoms with Crippen LogP contribution in [-0.2, 0) is 10.6 Å². The highest BCUT2D eigenvalue weighted by Crippen LogP contribution is 2.44. The van der Waals surface area contributed by atoms with Crippen LogP contribution in [-0.4, -0.2) is 26.2 Å². The molecule has 0 saturated carbocycles. The van der Waals surface area contributed by atoms with Gasteiger partial charge in [0.1, 0.15) is 0 Å². The van der Waals surface area contributed by atoms with Crippen molar-refractivity contribution in [3.05, 3.63) is 11.9 Å². The molecule has 2 rings (SSSR count). The summed E-state index contributed by atoms with van der Waals surface area (Å²) in [5.41, 5.74) is 0.476. The van der Waals surface area contributed by atoms with E-state index >= 15 is 0 Å². The second-order valence-electron chi connectivity index (χ2n) is 5.51. The average molecular weight is 244 g/mol. The van der Waals surface area contributed by atoms with Crippen LogP contribution in [0.15, 0.2) is 6.20 Å². The van der Waals surface area contributed by atoms with Gasteiger partial charge in [-0.25, -0.2) is 4.68 Å². The Morgan fingerprint density at radius 1 is 1.50 bits per heavy atom. The minimum atomic E-state index is -0.221. The van der Waals surface area contributed by atoms with Gasteiger partial charge >= 0.3 is 0 Å². The van der Waals surface area contributed by atoms with Crippen LogP contribution in [0.4, 0.5) is 0 Å². The molecule has 1 fully saturated rings. The highest BCUT2D eigenvalue weighted by Gasteiger charge is 2.47. The first-order valence-electron chi connectivity index (χ1n) is 5.51. The Balaban J connectivity index is 2.27. The normalized spacial score (nSPS) is 27.2. The highest BCUT2D eigenvalue weighted by molar-refractivity contribution is 6.16. The van der Waals surface area contributed by atoms with E-state index in [1.165, 1.54) is 0 Å². The maximum atomic E-state index is 6.02. The van der Waals surface area contributed by atoms with Crippen molar-refractivity contribution >= 4 is 11.6 Å². The van der Waals surface area contributed by atoms with Crippen LogP contribution in [0.2, 0.25) is 0 Å². The number of aromatic nitrogens is 3. The number of hydrogen-bond donors (Lipinski definition) is 0. The highest BCUT2D eigenvalue weighted by atomic mass is 35.5. The minimum absolute atomic E-state index is 0.110. The zero-order valence-electron chi connectivity index (χ0n) is 10.2. The maximum Gasteiger partial charge on any atom is 0.0974 e. The number of nitrogens with zero attached hydrogens (tertiary/aromatic N) is 3. The van der Waals surface area contributed by atoms with Crippen LogP contribution in [0, 0.1) is 0 Å². The lowest BCUT2D eigenvalue weighted by atomic mass is 9.95. The molecule has 0 radical (unpaired) electrons. The Bertz CT molecular complexity index is 386. The van der Waals surface area contributed by atoms with Crippen molar-refractivity contribution in [3.63, 3.8) is 0 Å². The van der Waals surface area contributed by atoms with Gasteiger partial charge in [-0.3, -0.25) is 0 Å². The maximum absolute atomic E-state index is 6.02. The number of ether oxygens (including phenoxy) is 1. The van der Waals surface area contributed by atoms with E-state index in [-0.39, 0.29) is 17.2 Å². The van der Waals surface area contributed by atoms with Gasteiger partial charge in [0.05, 0.1) is 35.0 Å². The fraction of sp³-hybridized carbons (Fsp3) is 0.818. The summed E-state index contributed by atoms with van der Waals surface area (Å²) < 4.78 is 7.91. The van der Waals surface area contributed by atoms with E-state index < -0.39 is 0 Å². The van der Waals surface area contributed by atoms with Gasteiger partial charge in [0.15, 0.2) is 0 Å². The van der Waals surface area contributed by atoms with Crippen molar-refractivity contribution in [2.24, 2.45) is 0 Å². The average Bonchev–Trinajstić information content (AvgIpc) is 2.67. The third-order valence-corrected chi connectivity index (χ3v) is 3.31.